The van der Waals surface area contributed by atoms with Gasteiger partial charge in [-0.2, -0.15) is 11.8 Å². The number of amides is 1. The van der Waals surface area contributed by atoms with Crippen LogP contribution >= 0.6 is 11.8 Å². The highest BCUT2D eigenvalue weighted by Gasteiger charge is 2.41. The van der Waals surface area contributed by atoms with Crippen LogP contribution in [-0.2, 0) is 4.79 Å². The molecule has 0 radical (unpaired) electrons. The van der Waals surface area contributed by atoms with Gasteiger partial charge in [0.05, 0.1) is 12.2 Å². The molecule has 1 heterocycles. The Bertz CT molecular complexity index is 245. The Morgan fingerprint density at radius 2 is 2.06 bits per heavy atom. The van der Waals surface area contributed by atoms with Gasteiger partial charge in [-0.3, -0.25) is 10.1 Å². The molecular weight excluding hydrogens is 220 g/mol. The molecule has 4 heteroatoms. The van der Waals surface area contributed by atoms with Crippen molar-refractivity contribution in [3.05, 3.63) is 0 Å². The third kappa shape index (κ3) is 2.72. The van der Waals surface area contributed by atoms with Gasteiger partial charge in [-0.25, -0.2) is 0 Å². The maximum atomic E-state index is 12.3. The molecule has 0 aliphatic carbocycles. The summed E-state index contributed by atoms with van der Waals surface area (Å²) in [5.41, 5.74) is 0. The van der Waals surface area contributed by atoms with Crippen LogP contribution in [0.4, 0.5) is 0 Å². The molecule has 0 spiro atoms. The predicted molar refractivity (Wildman–Crippen MR) is 70.5 cm³/mol. The lowest BCUT2D eigenvalue weighted by Crippen LogP contribution is -2.44. The lowest BCUT2D eigenvalue weighted by Gasteiger charge is -2.29. The molecule has 1 N–H and O–H groups in total. The monoisotopic (exact) mass is 244 g/mol. The van der Waals surface area contributed by atoms with Gasteiger partial charge in [-0.1, -0.05) is 20.8 Å². The Kier molecular flexibility index (Phi) is 5.12. The van der Waals surface area contributed by atoms with Crippen LogP contribution in [-0.4, -0.2) is 41.1 Å². The Morgan fingerprint density at radius 3 is 2.50 bits per heavy atom. The lowest BCUT2D eigenvalue weighted by atomic mass is 10.0. The van der Waals surface area contributed by atoms with Crippen molar-refractivity contribution < 1.29 is 4.79 Å². The molecule has 1 rings (SSSR count). The molecule has 3 unspecified atom stereocenters. The second-order valence-corrected chi connectivity index (χ2v) is 5.77. The van der Waals surface area contributed by atoms with E-state index in [4.69, 9.17) is 0 Å². The van der Waals surface area contributed by atoms with E-state index in [1.807, 2.05) is 4.90 Å². The molecule has 0 aromatic heterocycles. The summed E-state index contributed by atoms with van der Waals surface area (Å²) in [4.78, 5) is 14.3. The number of nitrogens with zero attached hydrogens (tertiary/aromatic N) is 1. The van der Waals surface area contributed by atoms with Crippen LogP contribution in [0.3, 0.4) is 0 Å². The van der Waals surface area contributed by atoms with Crippen molar-refractivity contribution in [3.8, 4) is 0 Å². The van der Waals surface area contributed by atoms with Gasteiger partial charge in [0.2, 0.25) is 5.91 Å². The van der Waals surface area contributed by atoms with Gasteiger partial charge in [0, 0.05) is 11.8 Å². The van der Waals surface area contributed by atoms with Gasteiger partial charge in [0.1, 0.15) is 0 Å². The van der Waals surface area contributed by atoms with E-state index in [1.165, 1.54) is 0 Å². The van der Waals surface area contributed by atoms with Crippen molar-refractivity contribution in [1.29, 1.82) is 0 Å². The first-order chi connectivity index (χ1) is 7.52. The van der Waals surface area contributed by atoms with Crippen LogP contribution in [0.1, 0.15) is 34.1 Å². The van der Waals surface area contributed by atoms with E-state index >= 15 is 0 Å². The highest BCUT2D eigenvalue weighted by Crippen LogP contribution is 2.22. The van der Waals surface area contributed by atoms with Crippen LogP contribution in [0.25, 0.3) is 0 Å². The second-order valence-electron chi connectivity index (χ2n) is 4.86. The quantitative estimate of drug-likeness (QED) is 0.802. The fourth-order valence-electron chi connectivity index (χ4n) is 2.31. The fourth-order valence-corrected chi connectivity index (χ4v) is 2.95. The van der Waals surface area contributed by atoms with Crippen LogP contribution in [0.15, 0.2) is 0 Å². The molecular formula is C12H24N2OS. The minimum Gasteiger partial charge on any atom is -0.322 e. The molecule has 0 saturated carbocycles. The average molecular weight is 244 g/mol. The molecule has 1 aliphatic rings. The van der Waals surface area contributed by atoms with Crippen LogP contribution in [0.2, 0.25) is 0 Å². The molecule has 1 saturated heterocycles. The van der Waals surface area contributed by atoms with Crippen molar-refractivity contribution >= 4 is 17.7 Å². The number of hydrogen-bond acceptors (Lipinski definition) is 3. The summed E-state index contributed by atoms with van der Waals surface area (Å²) in [5.74, 6) is 1.66. The van der Waals surface area contributed by atoms with Crippen molar-refractivity contribution in [1.82, 2.24) is 10.2 Å². The third-order valence-electron chi connectivity index (χ3n) is 3.16. The van der Waals surface area contributed by atoms with Crippen molar-refractivity contribution in [2.24, 2.45) is 5.92 Å². The van der Waals surface area contributed by atoms with Gasteiger partial charge in [0.25, 0.3) is 0 Å². The molecule has 3 nitrogen and oxygen atoms in total. The summed E-state index contributed by atoms with van der Waals surface area (Å²) in [7, 11) is 0. The van der Waals surface area contributed by atoms with Crippen molar-refractivity contribution in [3.63, 3.8) is 0 Å². The first-order valence-electron chi connectivity index (χ1n) is 6.10. The standard InChI is InChI=1S/C12H24N2OS/c1-6-10-13-11(8(2)3)12(15)14(10)9(4)7-16-5/h8-11,13H,6-7H2,1-5H3. The van der Waals surface area contributed by atoms with Crippen LogP contribution in [0.5, 0.6) is 0 Å². The fraction of sp³-hybridized carbons (Fsp3) is 0.917. The number of rotatable bonds is 5. The number of nitrogens with one attached hydrogen (secondary N) is 1. The number of thioether (sulfide) groups is 1. The van der Waals surface area contributed by atoms with E-state index in [1.54, 1.807) is 11.8 Å². The summed E-state index contributed by atoms with van der Waals surface area (Å²) in [6, 6.07) is 0.331. The summed E-state index contributed by atoms with van der Waals surface area (Å²) < 4.78 is 0. The molecule has 0 aromatic rings. The molecule has 3 atom stereocenters. The first-order valence-corrected chi connectivity index (χ1v) is 7.49. The minimum absolute atomic E-state index is 0.00857. The topological polar surface area (TPSA) is 32.3 Å². The summed E-state index contributed by atoms with van der Waals surface area (Å²) in [6.07, 6.45) is 3.29. The molecule has 0 aromatic carbocycles. The Labute approximate surface area is 103 Å². The van der Waals surface area contributed by atoms with Crippen molar-refractivity contribution in [2.75, 3.05) is 12.0 Å². The van der Waals surface area contributed by atoms with Crippen molar-refractivity contribution in [2.45, 2.75) is 52.4 Å². The van der Waals surface area contributed by atoms with Gasteiger partial charge in [-0.05, 0) is 25.5 Å². The Morgan fingerprint density at radius 1 is 1.44 bits per heavy atom. The molecule has 1 aliphatic heterocycles. The molecule has 0 bridgehead atoms. The zero-order chi connectivity index (χ0) is 12.3. The summed E-state index contributed by atoms with van der Waals surface area (Å²) in [6.45, 7) is 8.48. The zero-order valence-corrected chi connectivity index (χ0v) is 11.8. The average Bonchev–Trinajstić information content (AvgIpc) is 2.55. The molecule has 1 fully saturated rings. The van der Waals surface area contributed by atoms with Gasteiger partial charge >= 0.3 is 0 Å². The maximum absolute atomic E-state index is 12.3. The van der Waals surface area contributed by atoms with Gasteiger partial charge in [0.15, 0.2) is 0 Å². The third-order valence-corrected chi connectivity index (χ3v) is 3.98. The summed E-state index contributed by atoms with van der Waals surface area (Å²) in [5, 5.41) is 3.45. The maximum Gasteiger partial charge on any atom is 0.241 e. The second kappa shape index (κ2) is 5.92. The number of carbonyl (C=O) groups is 1. The normalized spacial score (nSPS) is 27.9. The van der Waals surface area contributed by atoms with E-state index in [9.17, 15) is 4.79 Å². The molecule has 16 heavy (non-hydrogen) atoms. The number of carbonyl (C=O) groups excluding carboxylic acids is 1. The Hall–Kier alpha value is -0.220. The predicted octanol–water partition coefficient (Wildman–Crippen LogP) is 1.93. The van der Waals surface area contributed by atoms with Crippen LogP contribution < -0.4 is 5.32 Å². The highest BCUT2D eigenvalue weighted by molar-refractivity contribution is 7.98. The van der Waals surface area contributed by atoms with E-state index < -0.39 is 0 Å². The largest absolute Gasteiger partial charge is 0.322 e. The SMILES string of the molecule is CCC1NC(C(C)C)C(=O)N1C(C)CSC. The molecule has 1 amide bonds. The highest BCUT2D eigenvalue weighted by atomic mass is 32.2. The zero-order valence-electron chi connectivity index (χ0n) is 11.0. The minimum atomic E-state index is 0.00857. The van der Waals surface area contributed by atoms with Gasteiger partial charge < -0.3 is 4.90 Å². The van der Waals surface area contributed by atoms with E-state index in [-0.39, 0.29) is 18.1 Å². The van der Waals surface area contributed by atoms with E-state index in [2.05, 4.69) is 39.3 Å². The van der Waals surface area contributed by atoms with Crippen LogP contribution in [0, 0.1) is 5.92 Å². The van der Waals surface area contributed by atoms with E-state index in [0.29, 0.717) is 12.0 Å². The smallest absolute Gasteiger partial charge is 0.241 e. The van der Waals surface area contributed by atoms with E-state index in [0.717, 1.165) is 12.2 Å². The Balaban J connectivity index is 2.77. The molecule has 94 valence electrons. The van der Waals surface area contributed by atoms with Gasteiger partial charge in [-0.15, -0.1) is 0 Å². The number of hydrogen-bond donors (Lipinski definition) is 1. The lowest BCUT2D eigenvalue weighted by molar-refractivity contribution is -0.132. The summed E-state index contributed by atoms with van der Waals surface area (Å²) >= 11 is 1.80. The first kappa shape index (κ1) is 13.8.